The molecule has 2 aromatic heterocycles. The van der Waals surface area contributed by atoms with E-state index in [2.05, 4.69) is 42.7 Å². The van der Waals surface area contributed by atoms with Crippen molar-refractivity contribution in [2.24, 2.45) is 0 Å². The summed E-state index contributed by atoms with van der Waals surface area (Å²) in [6, 6.07) is 10.2. The molecule has 1 atom stereocenters. The van der Waals surface area contributed by atoms with E-state index in [4.69, 9.17) is 0 Å². The van der Waals surface area contributed by atoms with E-state index in [-0.39, 0.29) is 12.5 Å². The molecule has 0 aliphatic heterocycles. The summed E-state index contributed by atoms with van der Waals surface area (Å²) in [5, 5.41) is 23.3. The Morgan fingerprint density at radius 3 is 2.76 bits per heavy atom. The first-order valence-corrected chi connectivity index (χ1v) is 6.80. The van der Waals surface area contributed by atoms with E-state index in [1.165, 1.54) is 5.56 Å². The molecule has 1 aromatic carbocycles. The van der Waals surface area contributed by atoms with E-state index in [0.717, 1.165) is 18.7 Å². The minimum Gasteiger partial charge on any atom is -0.396 e. The van der Waals surface area contributed by atoms with Crippen molar-refractivity contribution in [3.05, 3.63) is 47.9 Å². The zero-order valence-electron chi connectivity index (χ0n) is 11.4. The molecule has 0 amide bonds. The second-order valence-electron chi connectivity index (χ2n) is 4.82. The zero-order chi connectivity index (χ0) is 14.5. The number of benzene rings is 1. The number of tetrazole rings is 1. The fourth-order valence-electron chi connectivity index (χ4n) is 2.23. The highest BCUT2D eigenvalue weighted by molar-refractivity contribution is 5.46. The quantitative estimate of drug-likeness (QED) is 0.633. The number of aromatic nitrogens is 6. The fraction of sp³-hybridized carbons (Fsp3) is 0.286. The van der Waals surface area contributed by atoms with Gasteiger partial charge in [-0.3, -0.25) is 0 Å². The predicted octanol–water partition coefficient (Wildman–Crippen LogP) is 1.30. The molecule has 7 heteroatoms. The first-order valence-electron chi connectivity index (χ1n) is 6.80. The van der Waals surface area contributed by atoms with Gasteiger partial charge in [0.2, 0.25) is 5.82 Å². The Hall–Kier alpha value is -2.54. The molecule has 21 heavy (non-hydrogen) atoms. The zero-order valence-corrected chi connectivity index (χ0v) is 11.4. The van der Waals surface area contributed by atoms with Crippen LogP contribution in [-0.2, 0) is 6.42 Å². The smallest absolute Gasteiger partial charge is 0.222 e. The van der Waals surface area contributed by atoms with Crippen molar-refractivity contribution in [2.45, 2.75) is 18.8 Å². The summed E-state index contributed by atoms with van der Waals surface area (Å²) in [6.07, 6.45) is 3.37. The van der Waals surface area contributed by atoms with Gasteiger partial charge in [0.05, 0.1) is 12.8 Å². The number of imidazole rings is 1. The fourth-order valence-corrected chi connectivity index (χ4v) is 2.23. The van der Waals surface area contributed by atoms with Crippen molar-refractivity contribution in [2.75, 3.05) is 6.61 Å². The van der Waals surface area contributed by atoms with Crippen LogP contribution in [0, 0.1) is 0 Å². The van der Waals surface area contributed by atoms with Gasteiger partial charge < -0.3 is 10.1 Å². The number of hydrogen-bond acceptors (Lipinski definition) is 5. The molecule has 1 unspecified atom stereocenters. The van der Waals surface area contributed by atoms with Crippen LogP contribution in [0.25, 0.3) is 11.5 Å². The molecule has 3 N–H and O–H groups in total. The highest BCUT2D eigenvalue weighted by atomic mass is 16.3. The molecule has 0 bridgehead atoms. The van der Waals surface area contributed by atoms with Gasteiger partial charge in [0.1, 0.15) is 11.5 Å². The summed E-state index contributed by atoms with van der Waals surface area (Å²) < 4.78 is 0. The summed E-state index contributed by atoms with van der Waals surface area (Å²) >= 11 is 0. The molecule has 0 radical (unpaired) electrons. The van der Waals surface area contributed by atoms with E-state index in [1.54, 1.807) is 6.20 Å². The number of rotatable bonds is 6. The van der Waals surface area contributed by atoms with E-state index >= 15 is 0 Å². The van der Waals surface area contributed by atoms with Crippen LogP contribution in [0.4, 0.5) is 0 Å². The number of nitrogens with zero attached hydrogens (tertiary/aromatic N) is 4. The number of nitrogens with one attached hydrogen (secondary N) is 2. The van der Waals surface area contributed by atoms with Crippen molar-refractivity contribution >= 4 is 0 Å². The maximum Gasteiger partial charge on any atom is 0.222 e. The second-order valence-corrected chi connectivity index (χ2v) is 4.82. The van der Waals surface area contributed by atoms with Crippen LogP contribution in [0.1, 0.15) is 23.7 Å². The Morgan fingerprint density at radius 1 is 1.19 bits per heavy atom. The van der Waals surface area contributed by atoms with Gasteiger partial charge in [0.25, 0.3) is 0 Å². The lowest BCUT2D eigenvalue weighted by molar-refractivity contribution is 0.255. The van der Waals surface area contributed by atoms with E-state index < -0.39 is 0 Å². The van der Waals surface area contributed by atoms with E-state index in [0.29, 0.717) is 11.5 Å². The summed E-state index contributed by atoms with van der Waals surface area (Å²) in [5.41, 5.74) is 1.94. The maximum absolute atomic E-state index is 9.59. The summed E-state index contributed by atoms with van der Waals surface area (Å²) in [4.78, 5) is 7.47. The Morgan fingerprint density at radius 2 is 2.05 bits per heavy atom. The Labute approximate surface area is 121 Å². The SMILES string of the molecule is OCC(CCc1ccccc1)c1ncc(-c2nn[nH]n2)[nH]1. The minimum absolute atomic E-state index is 0.0362. The third-order valence-corrected chi connectivity index (χ3v) is 3.41. The molecule has 3 rings (SSSR count). The third kappa shape index (κ3) is 3.14. The molecule has 0 aliphatic carbocycles. The van der Waals surface area contributed by atoms with Crippen molar-refractivity contribution in [3.8, 4) is 11.5 Å². The predicted molar refractivity (Wildman–Crippen MR) is 76.3 cm³/mol. The van der Waals surface area contributed by atoms with Crippen LogP contribution in [0.2, 0.25) is 0 Å². The lowest BCUT2D eigenvalue weighted by atomic mass is 9.99. The maximum atomic E-state index is 9.59. The summed E-state index contributed by atoms with van der Waals surface area (Å²) in [6.45, 7) is 0.0476. The average molecular weight is 284 g/mol. The van der Waals surface area contributed by atoms with Gasteiger partial charge >= 0.3 is 0 Å². The molecule has 108 valence electrons. The molecule has 0 aliphatic rings. The van der Waals surface area contributed by atoms with Gasteiger partial charge in [-0.2, -0.15) is 5.21 Å². The molecular formula is C14H16N6O. The van der Waals surface area contributed by atoms with Crippen LogP contribution >= 0.6 is 0 Å². The molecular weight excluding hydrogens is 268 g/mol. The Bertz CT molecular complexity index is 664. The molecule has 3 aromatic rings. The van der Waals surface area contributed by atoms with Gasteiger partial charge in [0.15, 0.2) is 0 Å². The van der Waals surface area contributed by atoms with Gasteiger partial charge in [-0.05, 0) is 23.6 Å². The standard InChI is InChI=1S/C14H16N6O/c21-9-11(7-6-10-4-2-1-3-5-10)13-15-8-12(16-13)14-17-19-20-18-14/h1-5,8,11,21H,6-7,9H2,(H,15,16)(H,17,18,19,20). The number of aromatic amines is 2. The molecule has 7 nitrogen and oxygen atoms in total. The topological polar surface area (TPSA) is 103 Å². The van der Waals surface area contributed by atoms with Crippen LogP contribution in [0.5, 0.6) is 0 Å². The monoisotopic (exact) mass is 284 g/mol. The summed E-state index contributed by atoms with van der Waals surface area (Å²) in [5.74, 6) is 1.17. The number of H-pyrrole nitrogens is 2. The van der Waals surface area contributed by atoms with Crippen LogP contribution in [0.15, 0.2) is 36.5 Å². The van der Waals surface area contributed by atoms with E-state index in [1.807, 2.05) is 18.2 Å². The molecule has 0 saturated heterocycles. The third-order valence-electron chi connectivity index (χ3n) is 3.41. The minimum atomic E-state index is -0.0362. The van der Waals surface area contributed by atoms with Gasteiger partial charge in [-0.25, -0.2) is 4.98 Å². The highest BCUT2D eigenvalue weighted by Gasteiger charge is 2.16. The molecule has 2 heterocycles. The van der Waals surface area contributed by atoms with Crippen LogP contribution in [0.3, 0.4) is 0 Å². The summed E-state index contributed by atoms with van der Waals surface area (Å²) in [7, 11) is 0. The number of hydrogen-bond donors (Lipinski definition) is 3. The second kappa shape index (κ2) is 6.27. The van der Waals surface area contributed by atoms with Gasteiger partial charge in [0, 0.05) is 5.92 Å². The van der Waals surface area contributed by atoms with Crippen LogP contribution < -0.4 is 0 Å². The molecule has 0 saturated carbocycles. The Kier molecular flexibility index (Phi) is 4.02. The first-order chi connectivity index (χ1) is 10.4. The number of aliphatic hydroxyl groups excluding tert-OH is 1. The first kappa shape index (κ1) is 13.4. The normalized spacial score (nSPS) is 12.4. The van der Waals surface area contributed by atoms with Gasteiger partial charge in [-0.1, -0.05) is 30.3 Å². The average Bonchev–Trinajstić information content (AvgIpc) is 3.20. The van der Waals surface area contributed by atoms with Crippen molar-refractivity contribution in [1.82, 2.24) is 30.6 Å². The van der Waals surface area contributed by atoms with E-state index in [9.17, 15) is 5.11 Å². The van der Waals surface area contributed by atoms with Crippen molar-refractivity contribution < 1.29 is 5.11 Å². The molecule has 0 spiro atoms. The lowest BCUT2D eigenvalue weighted by Crippen LogP contribution is -2.07. The lowest BCUT2D eigenvalue weighted by Gasteiger charge is -2.11. The Balaban J connectivity index is 1.69. The van der Waals surface area contributed by atoms with Crippen molar-refractivity contribution in [3.63, 3.8) is 0 Å². The van der Waals surface area contributed by atoms with Gasteiger partial charge in [-0.15, -0.1) is 10.2 Å². The van der Waals surface area contributed by atoms with Crippen LogP contribution in [-0.4, -0.2) is 42.3 Å². The largest absolute Gasteiger partial charge is 0.396 e. The molecule has 0 fully saturated rings. The number of aliphatic hydroxyl groups is 1. The highest BCUT2D eigenvalue weighted by Crippen LogP contribution is 2.21. The number of aryl methyl sites for hydroxylation is 1. The van der Waals surface area contributed by atoms with Crippen molar-refractivity contribution in [1.29, 1.82) is 0 Å².